The van der Waals surface area contributed by atoms with Gasteiger partial charge in [-0.15, -0.1) is 0 Å². The highest BCUT2D eigenvalue weighted by molar-refractivity contribution is 5.70. The van der Waals surface area contributed by atoms with Crippen molar-refractivity contribution in [3.05, 3.63) is 0 Å². The lowest BCUT2D eigenvalue weighted by Crippen LogP contribution is -2.30. The smallest absolute Gasteiger partial charge is 0.307 e. The molecule has 0 aromatic heterocycles. The molecule has 1 fully saturated rings. The fraction of sp³-hybridized carbons (Fsp3) is 0.909. The summed E-state index contributed by atoms with van der Waals surface area (Å²) in [7, 11) is 0. The van der Waals surface area contributed by atoms with Gasteiger partial charge in [0.1, 0.15) is 5.60 Å². The SMILES string of the molecule is CC1CN1CCC(=O)OC(C)(C)CCO. The van der Waals surface area contributed by atoms with Crippen LogP contribution in [-0.2, 0) is 9.53 Å². The molecular formula is C11H21NO3. The Kier molecular flexibility index (Phi) is 4.11. The number of esters is 1. The summed E-state index contributed by atoms with van der Waals surface area (Å²) in [5, 5.41) is 8.78. The summed E-state index contributed by atoms with van der Waals surface area (Å²) in [6, 6.07) is 0.628. The van der Waals surface area contributed by atoms with Crippen LogP contribution in [0.4, 0.5) is 0 Å². The zero-order valence-corrected chi connectivity index (χ0v) is 9.82. The number of carbonyl (C=O) groups excluding carboxylic acids is 1. The van der Waals surface area contributed by atoms with Crippen molar-refractivity contribution in [2.45, 2.75) is 45.3 Å². The Hall–Kier alpha value is -0.610. The largest absolute Gasteiger partial charge is 0.460 e. The number of hydrogen-bond donors (Lipinski definition) is 1. The molecule has 0 saturated carbocycles. The Morgan fingerprint density at radius 1 is 1.60 bits per heavy atom. The van der Waals surface area contributed by atoms with Gasteiger partial charge in [0, 0.05) is 32.2 Å². The van der Waals surface area contributed by atoms with Gasteiger partial charge in [0.2, 0.25) is 0 Å². The molecule has 0 bridgehead atoms. The third-order valence-electron chi connectivity index (χ3n) is 2.70. The second-order valence-corrected chi connectivity index (χ2v) is 4.80. The molecule has 1 rings (SSSR count). The molecule has 15 heavy (non-hydrogen) atoms. The van der Waals surface area contributed by atoms with Crippen molar-refractivity contribution in [2.75, 3.05) is 19.7 Å². The molecule has 0 aromatic carbocycles. The maximum atomic E-state index is 11.4. The number of nitrogens with zero attached hydrogens (tertiary/aromatic N) is 1. The number of aliphatic hydroxyl groups is 1. The topological polar surface area (TPSA) is 49.5 Å². The number of aliphatic hydroxyl groups excluding tert-OH is 1. The molecular weight excluding hydrogens is 194 g/mol. The summed E-state index contributed by atoms with van der Waals surface area (Å²) in [5.41, 5.74) is -0.545. The molecule has 0 aromatic rings. The van der Waals surface area contributed by atoms with E-state index in [1.807, 2.05) is 13.8 Å². The van der Waals surface area contributed by atoms with Gasteiger partial charge in [0.25, 0.3) is 0 Å². The van der Waals surface area contributed by atoms with Gasteiger partial charge in [-0.05, 0) is 20.8 Å². The van der Waals surface area contributed by atoms with Gasteiger partial charge in [-0.2, -0.15) is 0 Å². The van der Waals surface area contributed by atoms with Gasteiger partial charge >= 0.3 is 5.97 Å². The van der Waals surface area contributed by atoms with Gasteiger partial charge < -0.3 is 9.84 Å². The van der Waals surface area contributed by atoms with Crippen LogP contribution in [0.1, 0.15) is 33.6 Å². The average Bonchev–Trinajstić information content (AvgIpc) is 2.77. The van der Waals surface area contributed by atoms with E-state index in [0.29, 0.717) is 18.9 Å². The average molecular weight is 215 g/mol. The highest BCUT2D eigenvalue weighted by Gasteiger charge is 2.29. The van der Waals surface area contributed by atoms with E-state index in [1.54, 1.807) is 0 Å². The summed E-state index contributed by atoms with van der Waals surface area (Å²) in [6.45, 7) is 7.70. The maximum absolute atomic E-state index is 11.4. The Morgan fingerprint density at radius 3 is 2.67 bits per heavy atom. The van der Waals surface area contributed by atoms with Crippen molar-refractivity contribution in [3.63, 3.8) is 0 Å². The fourth-order valence-corrected chi connectivity index (χ4v) is 1.52. The van der Waals surface area contributed by atoms with Gasteiger partial charge in [-0.3, -0.25) is 9.69 Å². The van der Waals surface area contributed by atoms with Gasteiger partial charge in [-0.25, -0.2) is 0 Å². The van der Waals surface area contributed by atoms with Crippen LogP contribution in [0.3, 0.4) is 0 Å². The van der Waals surface area contributed by atoms with Crippen molar-refractivity contribution in [1.82, 2.24) is 4.90 Å². The third kappa shape index (κ3) is 4.62. The monoisotopic (exact) mass is 215 g/mol. The number of ether oxygens (including phenoxy) is 1. The van der Waals surface area contributed by atoms with Crippen LogP contribution in [0.15, 0.2) is 0 Å². The minimum absolute atomic E-state index is 0.0451. The van der Waals surface area contributed by atoms with E-state index in [0.717, 1.165) is 13.1 Å². The highest BCUT2D eigenvalue weighted by Crippen LogP contribution is 2.18. The van der Waals surface area contributed by atoms with Crippen molar-refractivity contribution in [2.24, 2.45) is 0 Å². The molecule has 88 valence electrons. The van der Waals surface area contributed by atoms with Crippen LogP contribution < -0.4 is 0 Å². The predicted molar refractivity (Wildman–Crippen MR) is 57.5 cm³/mol. The molecule has 0 aliphatic carbocycles. The molecule has 1 heterocycles. The van der Waals surface area contributed by atoms with Crippen LogP contribution in [0.25, 0.3) is 0 Å². The molecule has 1 N–H and O–H groups in total. The van der Waals surface area contributed by atoms with E-state index < -0.39 is 5.60 Å². The predicted octanol–water partition coefficient (Wildman–Crippen LogP) is 0.785. The molecule has 1 aliphatic heterocycles. The van der Waals surface area contributed by atoms with Crippen LogP contribution >= 0.6 is 0 Å². The Morgan fingerprint density at radius 2 is 2.20 bits per heavy atom. The fourth-order valence-electron chi connectivity index (χ4n) is 1.52. The first-order valence-corrected chi connectivity index (χ1v) is 5.51. The number of carbonyl (C=O) groups is 1. The minimum Gasteiger partial charge on any atom is -0.460 e. The van der Waals surface area contributed by atoms with E-state index >= 15 is 0 Å². The zero-order valence-electron chi connectivity index (χ0n) is 9.82. The molecule has 1 aliphatic rings. The molecule has 4 heteroatoms. The zero-order chi connectivity index (χ0) is 11.5. The van der Waals surface area contributed by atoms with Crippen LogP contribution in [0.5, 0.6) is 0 Å². The third-order valence-corrected chi connectivity index (χ3v) is 2.70. The van der Waals surface area contributed by atoms with Gasteiger partial charge in [0.05, 0.1) is 6.42 Å². The van der Waals surface area contributed by atoms with E-state index in [1.165, 1.54) is 0 Å². The molecule has 2 unspecified atom stereocenters. The molecule has 1 saturated heterocycles. The normalized spacial score (nSPS) is 25.1. The lowest BCUT2D eigenvalue weighted by atomic mass is 10.1. The lowest BCUT2D eigenvalue weighted by molar-refractivity contribution is -0.157. The lowest BCUT2D eigenvalue weighted by Gasteiger charge is -2.24. The summed E-state index contributed by atoms with van der Waals surface area (Å²) in [6.07, 6.45) is 0.929. The Balaban J connectivity index is 2.17. The molecule has 4 nitrogen and oxygen atoms in total. The van der Waals surface area contributed by atoms with Crippen molar-refractivity contribution >= 4 is 5.97 Å². The summed E-state index contributed by atoms with van der Waals surface area (Å²) in [5.74, 6) is -0.174. The van der Waals surface area contributed by atoms with Gasteiger partial charge in [-0.1, -0.05) is 0 Å². The van der Waals surface area contributed by atoms with E-state index in [2.05, 4.69) is 11.8 Å². The van der Waals surface area contributed by atoms with Crippen molar-refractivity contribution in [3.8, 4) is 0 Å². The van der Waals surface area contributed by atoms with Crippen molar-refractivity contribution < 1.29 is 14.6 Å². The summed E-state index contributed by atoms with van der Waals surface area (Å²) >= 11 is 0. The highest BCUT2D eigenvalue weighted by atomic mass is 16.6. The first-order valence-electron chi connectivity index (χ1n) is 5.51. The Labute approximate surface area is 91.2 Å². The first-order chi connectivity index (χ1) is 6.94. The number of hydrogen-bond acceptors (Lipinski definition) is 4. The quantitative estimate of drug-likeness (QED) is 0.525. The standard InChI is InChI=1S/C11H21NO3/c1-9-8-12(9)6-4-10(14)15-11(2,3)5-7-13/h9,13H,4-8H2,1-3H3. The van der Waals surface area contributed by atoms with Crippen LogP contribution in [0, 0.1) is 0 Å². The minimum atomic E-state index is -0.545. The molecule has 0 amide bonds. The molecule has 0 spiro atoms. The van der Waals surface area contributed by atoms with Gasteiger partial charge in [0.15, 0.2) is 0 Å². The summed E-state index contributed by atoms with van der Waals surface area (Å²) in [4.78, 5) is 13.7. The summed E-state index contributed by atoms with van der Waals surface area (Å²) < 4.78 is 5.27. The van der Waals surface area contributed by atoms with Crippen molar-refractivity contribution in [1.29, 1.82) is 0 Å². The molecule has 2 atom stereocenters. The van der Waals surface area contributed by atoms with E-state index in [9.17, 15) is 4.79 Å². The van der Waals surface area contributed by atoms with Crippen LogP contribution in [-0.4, -0.2) is 47.3 Å². The van der Waals surface area contributed by atoms with E-state index in [-0.39, 0.29) is 12.6 Å². The van der Waals surface area contributed by atoms with Crippen LogP contribution in [0.2, 0.25) is 0 Å². The number of rotatable bonds is 6. The second kappa shape index (κ2) is 4.94. The maximum Gasteiger partial charge on any atom is 0.307 e. The second-order valence-electron chi connectivity index (χ2n) is 4.80. The Bertz CT molecular complexity index is 228. The van der Waals surface area contributed by atoms with E-state index in [4.69, 9.17) is 9.84 Å². The molecule has 0 radical (unpaired) electrons. The first kappa shape index (κ1) is 12.5.